The number of thiol groups is 1. The van der Waals surface area contributed by atoms with Crippen molar-refractivity contribution < 1.29 is 0 Å². The molecule has 0 aliphatic carbocycles. The van der Waals surface area contributed by atoms with E-state index >= 15 is 0 Å². The largest absolute Gasteiger partial charge is 0.254 e. The number of rotatable bonds is 6. The molecule has 1 aliphatic heterocycles. The highest BCUT2D eigenvalue weighted by molar-refractivity contribution is 7.99. The van der Waals surface area contributed by atoms with Crippen molar-refractivity contribution in [1.29, 1.82) is 0 Å². The molecule has 0 amide bonds. The van der Waals surface area contributed by atoms with Gasteiger partial charge in [0.25, 0.3) is 0 Å². The van der Waals surface area contributed by atoms with Crippen LogP contribution in [0.1, 0.15) is 11.3 Å². The number of allylic oxidation sites excluding steroid dienone is 1. The summed E-state index contributed by atoms with van der Waals surface area (Å²) in [7, 11) is 0. The van der Waals surface area contributed by atoms with Crippen molar-refractivity contribution in [3.8, 4) is 56.2 Å². The molecule has 0 atom stereocenters. The van der Waals surface area contributed by atoms with Crippen molar-refractivity contribution in [2.45, 2.75) is 4.90 Å². The second-order valence-electron chi connectivity index (χ2n) is 13.4. The van der Waals surface area contributed by atoms with Gasteiger partial charge in [0.2, 0.25) is 0 Å². The van der Waals surface area contributed by atoms with E-state index in [1.54, 1.807) is 0 Å². The lowest BCUT2D eigenvalue weighted by atomic mass is 10.00. The Morgan fingerprint density at radius 1 is 0.370 bits per heavy atom. The van der Waals surface area contributed by atoms with Gasteiger partial charge in [-0.3, -0.25) is 4.98 Å². The molecule has 5 heteroatoms. The van der Waals surface area contributed by atoms with Crippen LogP contribution in [0.5, 0.6) is 0 Å². The maximum atomic E-state index is 5.11. The van der Waals surface area contributed by atoms with Crippen LogP contribution in [0.2, 0.25) is 0 Å². The summed E-state index contributed by atoms with van der Waals surface area (Å²) >= 11 is 1.11. The van der Waals surface area contributed by atoms with Crippen LogP contribution in [0, 0.1) is 0 Å². The highest BCUT2D eigenvalue weighted by Crippen LogP contribution is 2.34. The summed E-state index contributed by atoms with van der Waals surface area (Å²) in [6, 6.07) is 59.4. The molecular weight excluding hydrogens is 677 g/mol. The molecule has 3 aromatic heterocycles. The Balaban J connectivity index is 0.950. The third-order valence-corrected chi connectivity index (χ3v) is 11.2. The van der Waals surface area contributed by atoms with Crippen molar-refractivity contribution >= 4 is 44.1 Å². The Morgan fingerprint density at radius 3 is 1.72 bits per heavy atom. The summed E-state index contributed by atoms with van der Waals surface area (Å²) in [5.41, 5.74) is 13.7. The number of hydrogen-bond acceptors (Lipinski definition) is 4. The number of aromatic nitrogens is 4. The number of benzene rings is 6. The number of nitrogens with zero attached hydrogens (tertiary/aromatic N) is 4. The smallest absolute Gasteiger partial charge is 0.160 e. The molecule has 254 valence electrons. The van der Waals surface area contributed by atoms with E-state index in [2.05, 4.69) is 157 Å². The minimum Gasteiger partial charge on any atom is -0.254 e. The standard InChI is InChI=1S/C49H32N4S/c1-3-8-32(9-4-1)33-13-19-36(20-14-33)43-31-44(53-49(52-43)39-10-5-2-6-11-39)46-28-25-41-30-40(24-27-45(41)54-46)34-15-17-35(18-16-34)42-26-23-38-22-21-37-12-7-29-50-47(37)48(38)51-42/h1-31,54H. The average molecular weight is 709 g/mol. The Morgan fingerprint density at radius 2 is 0.963 bits per heavy atom. The van der Waals surface area contributed by atoms with E-state index in [-0.39, 0.29) is 0 Å². The SMILES string of the molecule is C1=Cc2cc(-c3ccc(-c4ccc5ccc6cccnc6c5n4)cc3)ccc2[SH]=C1c1cc(-c2ccc(-c3ccccc3)cc2)nc(-c2ccccc2)n1. The zero-order chi connectivity index (χ0) is 35.8. The van der Waals surface area contributed by atoms with E-state index in [4.69, 9.17) is 15.0 Å². The number of fused-ring (bicyclic) bond motifs is 4. The lowest BCUT2D eigenvalue weighted by Gasteiger charge is -2.15. The summed E-state index contributed by atoms with van der Waals surface area (Å²) < 4.78 is 0. The Labute approximate surface area is 317 Å². The van der Waals surface area contributed by atoms with Crippen LogP contribution >= 0.6 is 11.4 Å². The molecular formula is C49H32N4S. The average Bonchev–Trinajstić information content (AvgIpc) is 3.26. The van der Waals surface area contributed by atoms with Crippen LogP contribution in [0.15, 0.2) is 187 Å². The van der Waals surface area contributed by atoms with Crippen LogP contribution in [0.25, 0.3) is 84.0 Å². The second-order valence-corrected chi connectivity index (χ2v) is 14.5. The first-order valence-electron chi connectivity index (χ1n) is 18.0. The van der Waals surface area contributed by atoms with Gasteiger partial charge in [0.15, 0.2) is 5.82 Å². The van der Waals surface area contributed by atoms with E-state index in [0.717, 1.165) is 77.6 Å². The zero-order valence-corrected chi connectivity index (χ0v) is 30.0. The van der Waals surface area contributed by atoms with Gasteiger partial charge in [-0.25, -0.2) is 15.0 Å². The third kappa shape index (κ3) is 6.11. The van der Waals surface area contributed by atoms with E-state index in [1.807, 2.05) is 36.5 Å². The highest BCUT2D eigenvalue weighted by atomic mass is 32.1. The number of pyridine rings is 2. The quantitative estimate of drug-likeness (QED) is 0.106. The van der Waals surface area contributed by atoms with Crippen LogP contribution < -0.4 is 0 Å². The molecule has 0 N–H and O–H groups in total. The van der Waals surface area contributed by atoms with Gasteiger partial charge in [0.05, 0.1) is 28.1 Å². The van der Waals surface area contributed by atoms with Crippen molar-refractivity contribution in [2.24, 2.45) is 0 Å². The summed E-state index contributed by atoms with van der Waals surface area (Å²) in [5, 5.41) is 2.19. The molecule has 6 aromatic carbocycles. The summed E-state index contributed by atoms with van der Waals surface area (Å²) in [6.45, 7) is 0. The van der Waals surface area contributed by atoms with Crippen molar-refractivity contribution in [2.75, 3.05) is 0 Å². The van der Waals surface area contributed by atoms with Gasteiger partial charge in [0, 0.05) is 43.4 Å². The van der Waals surface area contributed by atoms with Crippen molar-refractivity contribution in [1.82, 2.24) is 19.9 Å². The first-order valence-corrected chi connectivity index (χ1v) is 18.9. The van der Waals surface area contributed by atoms with Gasteiger partial charge in [-0.15, -0.1) is 0 Å². The Bertz CT molecular complexity index is 2900. The first kappa shape index (κ1) is 31.9. The molecule has 9 aromatic rings. The predicted molar refractivity (Wildman–Crippen MR) is 227 cm³/mol. The monoisotopic (exact) mass is 708 g/mol. The molecule has 4 heterocycles. The molecule has 4 nitrogen and oxygen atoms in total. The van der Waals surface area contributed by atoms with Gasteiger partial charge < -0.3 is 0 Å². The summed E-state index contributed by atoms with van der Waals surface area (Å²) in [5.74, 6) is 0.722. The topological polar surface area (TPSA) is 51.6 Å². The predicted octanol–water partition coefficient (Wildman–Crippen LogP) is 12.0. The Kier molecular flexibility index (Phi) is 8.04. The zero-order valence-electron chi connectivity index (χ0n) is 29.1. The minimum atomic E-state index is 0.722. The molecule has 0 spiro atoms. The van der Waals surface area contributed by atoms with Gasteiger partial charge in [0.1, 0.15) is 0 Å². The molecule has 1 aliphatic rings. The third-order valence-electron chi connectivity index (χ3n) is 9.94. The Hall–Kier alpha value is -6.82. The molecule has 0 unspecified atom stereocenters. The minimum absolute atomic E-state index is 0.722. The first-order chi connectivity index (χ1) is 26.7. The fourth-order valence-electron chi connectivity index (χ4n) is 7.07. The molecule has 0 radical (unpaired) electrons. The highest BCUT2D eigenvalue weighted by Gasteiger charge is 2.15. The summed E-state index contributed by atoms with van der Waals surface area (Å²) in [4.78, 5) is 22.2. The van der Waals surface area contributed by atoms with Gasteiger partial charge >= 0.3 is 0 Å². The maximum Gasteiger partial charge on any atom is 0.160 e. The molecule has 54 heavy (non-hydrogen) atoms. The molecule has 10 rings (SSSR count). The van der Waals surface area contributed by atoms with Crippen molar-refractivity contribution in [3.05, 3.63) is 193 Å². The van der Waals surface area contributed by atoms with Crippen LogP contribution in [-0.2, 0) is 0 Å². The lowest BCUT2D eigenvalue weighted by Crippen LogP contribution is -2.05. The van der Waals surface area contributed by atoms with Gasteiger partial charge in [-0.1, -0.05) is 146 Å². The maximum absolute atomic E-state index is 5.11. The fourth-order valence-corrected chi connectivity index (χ4v) is 8.13. The number of hydrogen-bond donors (Lipinski definition) is 1. The normalized spacial score (nSPS) is 12.3. The summed E-state index contributed by atoms with van der Waals surface area (Å²) in [6.07, 6.45) is 6.26. The molecule has 0 bridgehead atoms. The second kappa shape index (κ2) is 13.6. The fraction of sp³-hybridized carbons (Fsp3) is 0. The van der Waals surface area contributed by atoms with E-state index < -0.39 is 0 Å². The van der Waals surface area contributed by atoms with Crippen LogP contribution in [-0.4, -0.2) is 24.8 Å². The lowest BCUT2D eigenvalue weighted by molar-refractivity contribution is 1.17. The molecule has 0 fully saturated rings. The van der Waals surface area contributed by atoms with Crippen molar-refractivity contribution in [3.63, 3.8) is 0 Å². The van der Waals surface area contributed by atoms with E-state index in [9.17, 15) is 0 Å². The van der Waals surface area contributed by atoms with Crippen LogP contribution in [0.4, 0.5) is 0 Å². The molecule has 0 saturated heterocycles. The van der Waals surface area contributed by atoms with Gasteiger partial charge in [-0.2, -0.15) is 11.4 Å². The van der Waals surface area contributed by atoms with Crippen LogP contribution in [0.3, 0.4) is 0 Å². The molecule has 0 saturated carbocycles. The van der Waals surface area contributed by atoms with E-state index in [0.29, 0.717) is 0 Å². The van der Waals surface area contributed by atoms with E-state index in [1.165, 1.54) is 32.7 Å². The van der Waals surface area contributed by atoms with Gasteiger partial charge in [-0.05, 0) is 64.2 Å².